The van der Waals surface area contributed by atoms with Crippen LogP contribution in [0.5, 0.6) is 0 Å². The average molecular weight is 439 g/mol. The van der Waals surface area contributed by atoms with Crippen molar-refractivity contribution in [2.45, 2.75) is 70.2 Å². The van der Waals surface area contributed by atoms with Crippen LogP contribution in [0.1, 0.15) is 61.6 Å². The van der Waals surface area contributed by atoms with Crippen LogP contribution in [0, 0.1) is 12.8 Å². The molecule has 2 aromatic rings. The lowest BCUT2D eigenvalue weighted by atomic mass is 9.85. The van der Waals surface area contributed by atoms with E-state index in [-0.39, 0.29) is 24.4 Å². The van der Waals surface area contributed by atoms with Crippen LogP contribution in [-0.2, 0) is 21.8 Å². The second-order valence-corrected chi connectivity index (χ2v) is 9.48. The Kier molecular flexibility index (Phi) is 5.29. The number of aliphatic imine (C=N–C) groups is 1. The van der Waals surface area contributed by atoms with Gasteiger partial charge in [-0.05, 0) is 31.2 Å². The number of carbonyl (C=O) groups is 1. The van der Waals surface area contributed by atoms with E-state index in [4.69, 9.17) is 14.4 Å². The summed E-state index contributed by atoms with van der Waals surface area (Å²) in [6.07, 6.45) is 2.55. The van der Waals surface area contributed by atoms with Gasteiger partial charge < -0.3 is 14.5 Å². The van der Waals surface area contributed by atoms with Crippen molar-refractivity contribution in [3.63, 3.8) is 0 Å². The Morgan fingerprint density at radius 3 is 2.91 bits per heavy atom. The summed E-state index contributed by atoms with van der Waals surface area (Å²) < 4.78 is 5.45. The van der Waals surface area contributed by atoms with Crippen molar-refractivity contribution in [2.24, 2.45) is 10.9 Å². The molecule has 1 aromatic heterocycles. The van der Waals surface area contributed by atoms with Crippen molar-refractivity contribution in [2.75, 3.05) is 6.54 Å². The summed E-state index contributed by atoms with van der Waals surface area (Å²) >= 11 is 0. The van der Waals surface area contributed by atoms with Crippen molar-refractivity contribution in [1.82, 2.24) is 15.5 Å². The van der Waals surface area contributed by atoms with E-state index in [0.29, 0.717) is 18.0 Å². The van der Waals surface area contributed by atoms with Gasteiger partial charge in [0.1, 0.15) is 17.5 Å². The molecule has 1 aliphatic carbocycles. The van der Waals surface area contributed by atoms with Gasteiger partial charge >= 0.3 is 0 Å². The molecule has 3 aliphatic rings. The summed E-state index contributed by atoms with van der Waals surface area (Å²) in [7, 11) is 0. The van der Waals surface area contributed by atoms with E-state index in [2.05, 4.69) is 22.8 Å². The highest BCUT2D eigenvalue weighted by Crippen LogP contribution is 2.42. The zero-order valence-electron chi connectivity index (χ0n) is 18.7. The van der Waals surface area contributed by atoms with Gasteiger partial charge in [-0.2, -0.15) is 0 Å². The molecule has 1 aromatic carbocycles. The number of nitrogens with zero attached hydrogens (tertiary/aromatic N) is 3. The van der Waals surface area contributed by atoms with E-state index in [1.807, 2.05) is 39.0 Å². The van der Waals surface area contributed by atoms with Gasteiger partial charge in [0.2, 0.25) is 11.6 Å². The normalized spacial score (nSPS) is 28.0. The van der Waals surface area contributed by atoms with E-state index < -0.39 is 17.7 Å². The molecular formula is C24H30N4O4. The number of hydrogen-bond donors (Lipinski definition) is 2. The van der Waals surface area contributed by atoms with E-state index in [1.54, 1.807) is 4.90 Å². The fourth-order valence-electron chi connectivity index (χ4n) is 5.27. The number of amidine groups is 1. The number of hydroxylamine groups is 1. The summed E-state index contributed by atoms with van der Waals surface area (Å²) in [5.41, 5.74) is 5.31. The van der Waals surface area contributed by atoms with Crippen LogP contribution in [0.2, 0.25) is 0 Å². The quantitative estimate of drug-likeness (QED) is 0.761. The lowest BCUT2D eigenvalue weighted by molar-refractivity contribution is -0.134. The number of hydrogen-bond acceptors (Lipinski definition) is 7. The van der Waals surface area contributed by atoms with E-state index >= 15 is 0 Å². The Balaban J connectivity index is 1.46. The fourth-order valence-corrected chi connectivity index (χ4v) is 5.27. The molecule has 1 unspecified atom stereocenters. The van der Waals surface area contributed by atoms with Crippen LogP contribution in [0.25, 0.3) is 0 Å². The molecule has 3 heterocycles. The highest BCUT2D eigenvalue weighted by atomic mass is 16.7. The van der Waals surface area contributed by atoms with Crippen LogP contribution in [0.15, 0.2) is 39.8 Å². The first-order chi connectivity index (χ1) is 15.4. The molecule has 1 spiro atoms. The number of nitrogens with one attached hydrogen (secondary N) is 1. The van der Waals surface area contributed by atoms with Crippen molar-refractivity contribution in [1.29, 1.82) is 0 Å². The number of β-amino-alcohol motifs (C(OH)–C–C–N with tert-alkyl or cyclic N) is 1. The number of aliphatic hydroxyl groups excluding tert-OH is 1. The molecule has 0 radical (unpaired) electrons. The number of likely N-dealkylation sites (tertiary alicyclic amines) is 1. The zero-order chi connectivity index (χ0) is 22.5. The Labute approximate surface area is 187 Å². The van der Waals surface area contributed by atoms with Gasteiger partial charge in [0.25, 0.3) is 0 Å². The standard InChI is InChI=1S/C24H30N4O4/c1-14(2)21(20-11-15(3)26-31-20)23(30)28-13-17(29)12-19(28)22-25-24(32-27-22)10-6-8-16-7-4-5-9-18(16)24/h4-5,7,9,11,14,17,19,21,29H,6,8,10,12-13H2,1-3H3,(H,25,27)/t17-,19-,21-,24?/m1/s1. The maximum atomic E-state index is 13.7. The largest absolute Gasteiger partial charge is 0.391 e. The van der Waals surface area contributed by atoms with Gasteiger partial charge in [-0.3, -0.25) is 4.79 Å². The molecule has 1 amide bonds. The van der Waals surface area contributed by atoms with Crippen LogP contribution in [0.3, 0.4) is 0 Å². The Morgan fingerprint density at radius 1 is 1.34 bits per heavy atom. The van der Waals surface area contributed by atoms with Crippen molar-refractivity contribution in [3.8, 4) is 0 Å². The number of aliphatic hydroxyl groups is 1. The number of fused-ring (bicyclic) bond motifs is 2. The molecular weight excluding hydrogens is 408 g/mol. The third kappa shape index (κ3) is 3.51. The summed E-state index contributed by atoms with van der Waals surface area (Å²) in [4.78, 5) is 26.5. The number of amides is 1. The maximum absolute atomic E-state index is 13.7. The minimum atomic E-state index is -0.772. The zero-order valence-corrected chi connectivity index (χ0v) is 18.7. The topological polar surface area (TPSA) is 100 Å². The first kappa shape index (κ1) is 21.2. The van der Waals surface area contributed by atoms with Gasteiger partial charge in [0.05, 0.1) is 17.8 Å². The second-order valence-electron chi connectivity index (χ2n) is 9.48. The molecule has 170 valence electrons. The number of carbonyl (C=O) groups excluding carboxylic acids is 1. The predicted molar refractivity (Wildman–Crippen MR) is 118 cm³/mol. The Morgan fingerprint density at radius 2 is 2.16 bits per heavy atom. The molecule has 1 fully saturated rings. The van der Waals surface area contributed by atoms with Crippen LogP contribution >= 0.6 is 0 Å². The highest BCUT2D eigenvalue weighted by Gasteiger charge is 2.48. The van der Waals surface area contributed by atoms with Crippen LogP contribution in [-0.4, -0.2) is 45.6 Å². The number of rotatable bonds is 4. The summed E-state index contributed by atoms with van der Waals surface area (Å²) in [5, 5.41) is 14.4. The van der Waals surface area contributed by atoms with Gasteiger partial charge in [-0.25, -0.2) is 15.3 Å². The maximum Gasteiger partial charge on any atom is 0.234 e. The minimum absolute atomic E-state index is 0.0135. The number of aryl methyl sites for hydroxylation is 2. The third-order valence-corrected chi connectivity index (χ3v) is 6.79. The van der Waals surface area contributed by atoms with E-state index in [9.17, 15) is 9.90 Å². The molecule has 4 atom stereocenters. The Bertz CT molecular complexity index is 1050. The summed E-state index contributed by atoms with van der Waals surface area (Å²) in [6, 6.07) is 9.66. The molecule has 1 saturated heterocycles. The molecule has 2 N–H and O–H groups in total. The molecule has 8 nitrogen and oxygen atoms in total. The second kappa shape index (κ2) is 8.01. The van der Waals surface area contributed by atoms with E-state index in [0.717, 1.165) is 30.5 Å². The van der Waals surface area contributed by atoms with Gasteiger partial charge in [0.15, 0.2) is 0 Å². The molecule has 0 saturated carbocycles. The molecule has 5 rings (SSSR count). The smallest absolute Gasteiger partial charge is 0.234 e. The Hall–Kier alpha value is -2.71. The van der Waals surface area contributed by atoms with Gasteiger partial charge in [0, 0.05) is 31.0 Å². The number of aromatic nitrogens is 1. The van der Waals surface area contributed by atoms with Crippen molar-refractivity contribution in [3.05, 3.63) is 52.9 Å². The minimum Gasteiger partial charge on any atom is -0.391 e. The van der Waals surface area contributed by atoms with E-state index in [1.165, 1.54) is 5.56 Å². The highest BCUT2D eigenvalue weighted by molar-refractivity contribution is 5.94. The molecule has 8 heteroatoms. The first-order valence-corrected chi connectivity index (χ1v) is 11.4. The summed E-state index contributed by atoms with van der Waals surface area (Å²) in [5.74, 6) is 0.601. The first-order valence-electron chi connectivity index (χ1n) is 11.4. The molecule has 0 bridgehead atoms. The lowest BCUT2D eigenvalue weighted by Gasteiger charge is -2.30. The lowest BCUT2D eigenvalue weighted by Crippen LogP contribution is -2.46. The van der Waals surface area contributed by atoms with Gasteiger partial charge in [-0.1, -0.05) is 43.3 Å². The predicted octanol–water partition coefficient (Wildman–Crippen LogP) is 2.81. The molecule has 2 aliphatic heterocycles. The van der Waals surface area contributed by atoms with Crippen LogP contribution in [0.4, 0.5) is 0 Å². The third-order valence-electron chi connectivity index (χ3n) is 6.79. The monoisotopic (exact) mass is 438 g/mol. The van der Waals surface area contributed by atoms with Crippen LogP contribution < -0.4 is 5.48 Å². The van der Waals surface area contributed by atoms with Crippen molar-refractivity contribution >= 4 is 11.7 Å². The SMILES string of the molecule is Cc1cc([C@H](C(=O)N2C[C@H](O)C[C@@H]2C2=NC3(CCCc4ccccc43)ON2)C(C)C)on1. The number of benzene rings is 1. The fraction of sp³-hybridized carbons (Fsp3) is 0.542. The average Bonchev–Trinajstić information content (AvgIpc) is 3.48. The summed E-state index contributed by atoms with van der Waals surface area (Å²) in [6.45, 7) is 6.08. The van der Waals surface area contributed by atoms with Gasteiger partial charge in [-0.15, -0.1) is 0 Å². The molecule has 32 heavy (non-hydrogen) atoms. The van der Waals surface area contributed by atoms with Crippen molar-refractivity contribution < 1.29 is 19.3 Å².